The first-order valence-electron chi connectivity index (χ1n) is 12.3. The van der Waals surface area contributed by atoms with Crippen molar-refractivity contribution in [2.75, 3.05) is 31.7 Å². The molecule has 9 heteroatoms. The van der Waals surface area contributed by atoms with Gasteiger partial charge < -0.3 is 25.4 Å². The minimum absolute atomic E-state index is 0.0496. The molecule has 3 amide bonds. The first-order valence-corrected chi connectivity index (χ1v) is 13.7. The van der Waals surface area contributed by atoms with Crippen molar-refractivity contribution in [3.05, 3.63) is 35.4 Å². The number of carbonyl (C=O) groups excluding carboxylic acids is 3. The number of hydrogen-bond donors (Lipinski definition) is 3. The summed E-state index contributed by atoms with van der Waals surface area (Å²) < 4.78 is 5.37. The molecule has 0 bridgehead atoms. The van der Waals surface area contributed by atoms with Crippen molar-refractivity contribution in [2.45, 2.75) is 78.0 Å². The summed E-state index contributed by atoms with van der Waals surface area (Å²) in [7, 11) is 0. The topological polar surface area (TPSA) is 108 Å². The van der Waals surface area contributed by atoms with Gasteiger partial charge in [0.1, 0.15) is 17.7 Å². The summed E-state index contributed by atoms with van der Waals surface area (Å²) in [5.74, 6) is -0.119. The molecule has 0 aliphatic heterocycles. The van der Waals surface area contributed by atoms with Crippen LogP contribution in [-0.2, 0) is 14.3 Å². The van der Waals surface area contributed by atoms with Crippen LogP contribution in [0.15, 0.2) is 24.3 Å². The van der Waals surface area contributed by atoms with E-state index in [4.69, 9.17) is 4.74 Å². The SMILES string of the molecule is CCCCCNC(=O)C(c1ccccc1C)N(CCO)C(=O)C(CCSC)NC(=O)OC(C)(C)C. The molecule has 0 saturated heterocycles. The van der Waals surface area contributed by atoms with E-state index in [9.17, 15) is 19.5 Å². The molecule has 0 saturated carbocycles. The zero-order chi connectivity index (χ0) is 26.4. The van der Waals surface area contributed by atoms with Crippen molar-refractivity contribution in [1.29, 1.82) is 0 Å². The second-order valence-corrected chi connectivity index (χ2v) is 10.5. The van der Waals surface area contributed by atoms with Crippen LogP contribution in [-0.4, -0.2) is 71.3 Å². The zero-order valence-electron chi connectivity index (χ0n) is 22.1. The highest BCUT2D eigenvalue weighted by molar-refractivity contribution is 7.98. The Hall–Kier alpha value is -2.26. The average molecular weight is 510 g/mol. The monoisotopic (exact) mass is 509 g/mol. The third-order valence-corrected chi connectivity index (χ3v) is 5.99. The molecular formula is C26H43N3O5S. The van der Waals surface area contributed by atoms with Crippen LogP contribution in [0.3, 0.4) is 0 Å². The number of hydrogen-bond acceptors (Lipinski definition) is 6. The minimum atomic E-state index is -0.935. The summed E-state index contributed by atoms with van der Waals surface area (Å²) in [5.41, 5.74) is 0.824. The first-order chi connectivity index (χ1) is 16.6. The van der Waals surface area contributed by atoms with Crippen LogP contribution >= 0.6 is 11.8 Å². The van der Waals surface area contributed by atoms with E-state index in [0.29, 0.717) is 24.3 Å². The molecule has 2 atom stereocenters. The minimum Gasteiger partial charge on any atom is -0.444 e. The molecule has 0 heterocycles. The molecule has 0 radical (unpaired) electrons. The maximum Gasteiger partial charge on any atom is 0.408 e. The Bertz CT molecular complexity index is 812. The number of nitrogens with one attached hydrogen (secondary N) is 2. The largest absolute Gasteiger partial charge is 0.444 e. The highest BCUT2D eigenvalue weighted by atomic mass is 32.2. The molecule has 1 aromatic carbocycles. The predicted octanol–water partition coefficient (Wildman–Crippen LogP) is 3.81. The van der Waals surface area contributed by atoms with Crippen LogP contribution in [0.4, 0.5) is 4.79 Å². The van der Waals surface area contributed by atoms with E-state index in [1.165, 1.54) is 4.90 Å². The summed E-state index contributed by atoms with van der Waals surface area (Å²) in [6.07, 6.45) is 4.44. The maximum atomic E-state index is 13.8. The lowest BCUT2D eigenvalue weighted by Gasteiger charge is -2.34. The molecule has 8 nitrogen and oxygen atoms in total. The molecule has 0 spiro atoms. The molecule has 0 aliphatic carbocycles. The number of amides is 3. The fourth-order valence-electron chi connectivity index (χ4n) is 3.64. The number of aliphatic hydroxyl groups is 1. The molecule has 3 N–H and O–H groups in total. The van der Waals surface area contributed by atoms with Gasteiger partial charge in [0.15, 0.2) is 0 Å². The van der Waals surface area contributed by atoms with E-state index in [1.54, 1.807) is 32.5 Å². The van der Waals surface area contributed by atoms with Crippen molar-refractivity contribution in [1.82, 2.24) is 15.5 Å². The zero-order valence-corrected chi connectivity index (χ0v) is 22.9. The van der Waals surface area contributed by atoms with Gasteiger partial charge in [-0.25, -0.2) is 4.79 Å². The van der Waals surface area contributed by atoms with Gasteiger partial charge in [-0.15, -0.1) is 0 Å². The maximum absolute atomic E-state index is 13.8. The average Bonchev–Trinajstić information content (AvgIpc) is 2.78. The first kappa shape index (κ1) is 30.8. The second kappa shape index (κ2) is 15.7. The van der Waals surface area contributed by atoms with Gasteiger partial charge in [0.25, 0.3) is 0 Å². The standard InChI is InChI=1S/C26H43N3O5S/c1-7-8-11-15-27-23(31)22(20-13-10-9-12-19(20)2)29(16-17-30)24(32)21(14-18-35-6)28-25(33)34-26(3,4)5/h9-10,12-13,21-22,30H,7-8,11,14-18H2,1-6H3,(H,27,31)(H,28,33). The van der Waals surface area contributed by atoms with Crippen LogP contribution in [0.1, 0.15) is 70.5 Å². The Kier molecular flexibility index (Phi) is 13.8. The van der Waals surface area contributed by atoms with Crippen molar-refractivity contribution in [3.8, 4) is 0 Å². The van der Waals surface area contributed by atoms with Gasteiger partial charge in [-0.1, -0.05) is 44.0 Å². The lowest BCUT2D eigenvalue weighted by Crippen LogP contribution is -2.54. The van der Waals surface area contributed by atoms with Gasteiger partial charge in [-0.05, 0) is 63.7 Å². The van der Waals surface area contributed by atoms with Crippen LogP contribution in [0.5, 0.6) is 0 Å². The Balaban J connectivity index is 3.33. The van der Waals surface area contributed by atoms with E-state index in [-0.39, 0.29) is 19.1 Å². The van der Waals surface area contributed by atoms with Crippen molar-refractivity contribution in [3.63, 3.8) is 0 Å². The van der Waals surface area contributed by atoms with Crippen molar-refractivity contribution < 1.29 is 24.2 Å². The quantitative estimate of drug-likeness (QED) is 0.329. The Morgan fingerprint density at radius 1 is 1.17 bits per heavy atom. The predicted molar refractivity (Wildman–Crippen MR) is 141 cm³/mol. The number of carbonyl (C=O) groups is 3. The van der Waals surface area contributed by atoms with Gasteiger partial charge in [0.05, 0.1) is 6.61 Å². The fraction of sp³-hybridized carbons (Fsp3) is 0.654. The Labute approximate surface area is 214 Å². The van der Waals surface area contributed by atoms with Crippen molar-refractivity contribution in [2.24, 2.45) is 0 Å². The lowest BCUT2D eigenvalue weighted by atomic mass is 9.98. The van der Waals surface area contributed by atoms with Crippen molar-refractivity contribution >= 4 is 29.7 Å². The summed E-state index contributed by atoms with van der Waals surface area (Å²) >= 11 is 1.55. The van der Waals surface area contributed by atoms with Gasteiger partial charge >= 0.3 is 6.09 Å². The number of rotatable bonds is 14. The molecule has 2 unspecified atom stereocenters. The van der Waals surface area contributed by atoms with Gasteiger partial charge in [-0.3, -0.25) is 9.59 Å². The lowest BCUT2D eigenvalue weighted by molar-refractivity contribution is -0.143. The number of thioether (sulfide) groups is 1. The Morgan fingerprint density at radius 2 is 1.86 bits per heavy atom. The van der Waals surface area contributed by atoms with Crippen LogP contribution < -0.4 is 10.6 Å². The molecular weight excluding hydrogens is 466 g/mol. The molecule has 1 aromatic rings. The molecule has 0 fully saturated rings. The number of nitrogens with zero attached hydrogens (tertiary/aromatic N) is 1. The number of benzene rings is 1. The number of aliphatic hydroxyl groups excluding tert-OH is 1. The van der Waals surface area contributed by atoms with Crippen LogP contribution in [0, 0.1) is 6.92 Å². The van der Waals surface area contributed by atoms with E-state index in [0.717, 1.165) is 24.8 Å². The molecule has 0 aromatic heterocycles. The normalized spacial score (nSPS) is 13.0. The van der Waals surface area contributed by atoms with Gasteiger partial charge in [-0.2, -0.15) is 11.8 Å². The number of unbranched alkanes of at least 4 members (excludes halogenated alkanes) is 2. The highest BCUT2D eigenvalue weighted by Crippen LogP contribution is 2.26. The number of alkyl carbamates (subject to hydrolysis) is 1. The molecule has 35 heavy (non-hydrogen) atoms. The Morgan fingerprint density at radius 3 is 2.43 bits per heavy atom. The van der Waals surface area contributed by atoms with Gasteiger partial charge in [0.2, 0.25) is 11.8 Å². The number of ether oxygens (including phenoxy) is 1. The molecule has 0 aliphatic rings. The fourth-order valence-corrected chi connectivity index (χ4v) is 4.12. The summed E-state index contributed by atoms with van der Waals surface area (Å²) in [4.78, 5) is 41.1. The molecule has 198 valence electrons. The van der Waals surface area contributed by atoms with Crippen LogP contribution in [0.2, 0.25) is 0 Å². The van der Waals surface area contributed by atoms with Crippen LogP contribution in [0.25, 0.3) is 0 Å². The van der Waals surface area contributed by atoms with E-state index >= 15 is 0 Å². The van der Waals surface area contributed by atoms with Gasteiger partial charge in [0, 0.05) is 13.1 Å². The summed E-state index contributed by atoms with van der Waals surface area (Å²) in [5, 5.41) is 15.5. The summed E-state index contributed by atoms with van der Waals surface area (Å²) in [6, 6.07) is 5.57. The van der Waals surface area contributed by atoms with E-state index in [1.807, 2.05) is 37.4 Å². The molecule has 1 rings (SSSR count). The third-order valence-electron chi connectivity index (χ3n) is 5.35. The highest BCUT2D eigenvalue weighted by Gasteiger charge is 2.36. The smallest absolute Gasteiger partial charge is 0.408 e. The van der Waals surface area contributed by atoms with E-state index in [2.05, 4.69) is 17.6 Å². The second-order valence-electron chi connectivity index (χ2n) is 9.49. The van der Waals surface area contributed by atoms with E-state index < -0.39 is 29.7 Å². The third kappa shape index (κ3) is 10.9. The number of aryl methyl sites for hydroxylation is 1. The summed E-state index contributed by atoms with van der Waals surface area (Å²) in [6.45, 7) is 9.36.